The molecule has 0 spiro atoms. The van der Waals surface area contributed by atoms with Crippen LogP contribution in [-0.2, 0) is 0 Å². The zero-order valence-electron chi connectivity index (χ0n) is 5.78. The van der Waals surface area contributed by atoms with E-state index in [1.54, 1.807) is 0 Å². The fraction of sp³-hybridized carbons (Fsp3) is 0.750. The summed E-state index contributed by atoms with van der Waals surface area (Å²) in [5.41, 5.74) is 0.624. The lowest BCUT2D eigenvalue weighted by Gasteiger charge is -2.40. The molecule has 0 N–H and O–H groups in total. The molecule has 0 nitrogen and oxygen atoms in total. The van der Waals surface area contributed by atoms with Gasteiger partial charge in [0, 0.05) is 0 Å². The summed E-state index contributed by atoms with van der Waals surface area (Å²) >= 11 is 0. The molecule has 0 unspecified atom stereocenters. The molecule has 0 amide bonds. The molecule has 1 fully saturated rings. The van der Waals surface area contributed by atoms with E-state index in [1.807, 2.05) is 0 Å². The van der Waals surface area contributed by atoms with Crippen molar-refractivity contribution in [1.82, 2.24) is 0 Å². The summed E-state index contributed by atoms with van der Waals surface area (Å²) in [7, 11) is 0. The largest absolute Gasteiger partial charge is 0.103 e. The Morgan fingerprint density at radius 2 is 2.00 bits per heavy atom. The van der Waals surface area contributed by atoms with E-state index in [1.165, 1.54) is 12.8 Å². The molecule has 1 aliphatic rings. The van der Waals surface area contributed by atoms with Crippen molar-refractivity contribution in [2.24, 2.45) is 11.3 Å². The molecule has 1 rings (SSSR count). The predicted octanol–water partition coefficient (Wildman–Crippen LogP) is 2.61. The Hall–Kier alpha value is -0.260. The van der Waals surface area contributed by atoms with Crippen LogP contribution < -0.4 is 0 Å². The van der Waals surface area contributed by atoms with Crippen LogP contribution in [0.15, 0.2) is 12.7 Å². The summed E-state index contributed by atoms with van der Waals surface area (Å²) in [4.78, 5) is 0. The molecule has 46 valence electrons. The van der Waals surface area contributed by atoms with Gasteiger partial charge >= 0.3 is 0 Å². The maximum atomic E-state index is 3.75. The average Bonchev–Trinajstić information content (AvgIpc) is 1.60. The van der Waals surface area contributed by atoms with Gasteiger partial charge in [0.05, 0.1) is 0 Å². The van der Waals surface area contributed by atoms with Gasteiger partial charge in [-0.3, -0.25) is 0 Å². The molecule has 0 bridgehead atoms. The van der Waals surface area contributed by atoms with Crippen LogP contribution in [0, 0.1) is 11.3 Å². The second kappa shape index (κ2) is 1.61. The van der Waals surface area contributed by atoms with E-state index in [9.17, 15) is 0 Å². The minimum absolute atomic E-state index is 0.624. The quantitative estimate of drug-likeness (QED) is 0.455. The van der Waals surface area contributed by atoms with E-state index in [0.29, 0.717) is 5.41 Å². The highest BCUT2D eigenvalue weighted by Crippen LogP contribution is 2.44. The van der Waals surface area contributed by atoms with E-state index in [0.717, 1.165) is 5.92 Å². The Balaban J connectivity index is 2.31. The van der Waals surface area contributed by atoms with Gasteiger partial charge in [-0.05, 0) is 24.2 Å². The van der Waals surface area contributed by atoms with Gasteiger partial charge in [-0.15, -0.1) is 6.58 Å². The maximum Gasteiger partial charge on any atom is -0.0226 e. The lowest BCUT2D eigenvalue weighted by atomic mass is 9.65. The molecule has 0 saturated heterocycles. The van der Waals surface area contributed by atoms with Crippen LogP contribution in [0.25, 0.3) is 0 Å². The third kappa shape index (κ3) is 0.936. The molecule has 8 heavy (non-hydrogen) atoms. The van der Waals surface area contributed by atoms with Crippen LogP contribution in [-0.4, -0.2) is 0 Å². The number of rotatable bonds is 1. The van der Waals surface area contributed by atoms with Gasteiger partial charge in [0.1, 0.15) is 0 Å². The molecule has 0 aromatic rings. The van der Waals surface area contributed by atoms with Crippen LogP contribution >= 0.6 is 0 Å². The predicted molar refractivity (Wildman–Crippen MR) is 36.7 cm³/mol. The van der Waals surface area contributed by atoms with Gasteiger partial charge in [-0.1, -0.05) is 19.9 Å². The lowest BCUT2D eigenvalue weighted by molar-refractivity contribution is 0.132. The Labute approximate surface area is 51.6 Å². The summed E-state index contributed by atoms with van der Waals surface area (Å²) in [6.07, 6.45) is 4.76. The van der Waals surface area contributed by atoms with Gasteiger partial charge in [0.2, 0.25) is 0 Å². The van der Waals surface area contributed by atoms with E-state index in [4.69, 9.17) is 0 Å². The van der Waals surface area contributed by atoms with Crippen LogP contribution in [0.1, 0.15) is 26.7 Å². The van der Waals surface area contributed by atoms with E-state index in [2.05, 4.69) is 26.5 Å². The van der Waals surface area contributed by atoms with E-state index < -0.39 is 0 Å². The molecule has 0 heteroatoms. The molecular weight excluding hydrogens is 96.1 g/mol. The van der Waals surface area contributed by atoms with Crippen LogP contribution in [0.2, 0.25) is 0 Å². The zero-order valence-corrected chi connectivity index (χ0v) is 5.78. The molecule has 0 atom stereocenters. The number of allylic oxidation sites excluding steroid dienone is 1. The van der Waals surface area contributed by atoms with Crippen molar-refractivity contribution in [3.63, 3.8) is 0 Å². The van der Waals surface area contributed by atoms with Gasteiger partial charge in [0.15, 0.2) is 0 Å². The summed E-state index contributed by atoms with van der Waals surface area (Å²) in [6, 6.07) is 0. The highest BCUT2D eigenvalue weighted by atomic mass is 14.4. The molecule has 1 saturated carbocycles. The van der Waals surface area contributed by atoms with Gasteiger partial charge in [-0.25, -0.2) is 0 Å². The van der Waals surface area contributed by atoms with Crippen molar-refractivity contribution < 1.29 is 0 Å². The first-order valence-corrected chi connectivity index (χ1v) is 3.27. The van der Waals surface area contributed by atoms with Crippen LogP contribution in [0.4, 0.5) is 0 Å². The van der Waals surface area contributed by atoms with Crippen LogP contribution in [0.5, 0.6) is 0 Å². The Morgan fingerprint density at radius 3 is 2.12 bits per heavy atom. The molecule has 0 aromatic carbocycles. The first-order valence-electron chi connectivity index (χ1n) is 3.27. The topological polar surface area (TPSA) is 0 Å². The second-order valence-corrected chi connectivity index (χ2v) is 3.57. The zero-order chi connectivity index (χ0) is 6.20. The maximum absolute atomic E-state index is 3.75. The third-order valence-electron chi connectivity index (χ3n) is 1.96. The van der Waals surface area contributed by atoms with Crippen molar-refractivity contribution in [1.29, 1.82) is 0 Å². The Morgan fingerprint density at radius 1 is 1.50 bits per heavy atom. The first-order chi connectivity index (χ1) is 3.64. The standard InChI is InChI=1S/C8H14/c1-4-7-5-8(2,3)6-7/h4,7H,1,5-6H2,2-3H3. The van der Waals surface area contributed by atoms with Gasteiger partial charge in [0.25, 0.3) is 0 Å². The smallest absolute Gasteiger partial charge is 0.0226 e. The molecule has 0 heterocycles. The highest BCUT2D eigenvalue weighted by molar-refractivity contribution is 4.95. The number of hydrogen-bond donors (Lipinski definition) is 0. The fourth-order valence-electron chi connectivity index (χ4n) is 1.53. The summed E-state index contributed by atoms with van der Waals surface area (Å²) in [6.45, 7) is 8.37. The van der Waals surface area contributed by atoms with Crippen LogP contribution in [0.3, 0.4) is 0 Å². The van der Waals surface area contributed by atoms with Gasteiger partial charge in [-0.2, -0.15) is 0 Å². The van der Waals surface area contributed by atoms with Crippen molar-refractivity contribution >= 4 is 0 Å². The second-order valence-electron chi connectivity index (χ2n) is 3.57. The van der Waals surface area contributed by atoms with Crippen molar-refractivity contribution in [3.05, 3.63) is 12.7 Å². The minimum Gasteiger partial charge on any atom is -0.103 e. The summed E-state index contributed by atoms with van der Waals surface area (Å²) in [5, 5.41) is 0. The van der Waals surface area contributed by atoms with Crippen molar-refractivity contribution in [2.45, 2.75) is 26.7 Å². The normalized spacial score (nSPS) is 26.8. The molecule has 0 aliphatic heterocycles. The van der Waals surface area contributed by atoms with E-state index >= 15 is 0 Å². The monoisotopic (exact) mass is 110 g/mol. The Kier molecular flexibility index (Phi) is 1.18. The van der Waals surface area contributed by atoms with E-state index in [-0.39, 0.29) is 0 Å². The average molecular weight is 110 g/mol. The fourth-order valence-corrected chi connectivity index (χ4v) is 1.53. The summed E-state index contributed by atoms with van der Waals surface area (Å²) in [5.74, 6) is 0.824. The molecule has 1 aliphatic carbocycles. The van der Waals surface area contributed by atoms with Crippen molar-refractivity contribution in [2.75, 3.05) is 0 Å². The lowest BCUT2D eigenvalue weighted by Crippen LogP contribution is -2.29. The first kappa shape index (κ1) is 5.87. The molecule has 0 aromatic heterocycles. The SMILES string of the molecule is C=CC1CC(C)(C)C1. The third-order valence-corrected chi connectivity index (χ3v) is 1.96. The van der Waals surface area contributed by atoms with Crippen molar-refractivity contribution in [3.8, 4) is 0 Å². The number of hydrogen-bond acceptors (Lipinski definition) is 0. The minimum atomic E-state index is 0.624. The Bertz CT molecular complexity index is 92.6. The van der Waals surface area contributed by atoms with Gasteiger partial charge < -0.3 is 0 Å². The molecular formula is C8H14. The highest BCUT2D eigenvalue weighted by Gasteiger charge is 2.33. The summed E-state index contributed by atoms with van der Waals surface area (Å²) < 4.78 is 0. The molecule has 0 radical (unpaired) electrons.